The Morgan fingerprint density at radius 3 is 2.82 bits per heavy atom. The zero-order valence-electron chi connectivity index (χ0n) is 15.2. The van der Waals surface area contributed by atoms with Gasteiger partial charge in [-0.05, 0) is 7.05 Å². The summed E-state index contributed by atoms with van der Waals surface area (Å²) >= 11 is 1.31. The van der Waals surface area contributed by atoms with Gasteiger partial charge in [-0.15, -0.1) is 11.3 Å². The second-order valence-corrected chi connectivity index (χ2v) is 7.21. The standard InChI is InChI=1S/C17H18N6O4S/c1-18-10-7-22(8-11(10)27-2)12-5-20-13-14(24)9(16(25)26)6-23(15(13)21-12)17-19-3-4-28-17/h3-6,10-11,18H,7-8H2,1-2H3,(H,25,26)/t10-,11-/m0/s1. The molecule has 0 aliphatic carbocycles. The first-order valence-corrected chi connectivity index (χ1v) is 9.42. The van der Waals surface area contributed by atoms with Gasteiger partial charge in [-0.1, -0.05) is 0 Å². The third-order valence-electron chi connectivity index (χ3n) is 4.81. The van der Waals surface area contributed by atoms with Gasteiger partial charge in [0, 0.05) is 38.0 Å². The number of pyridine rings is 1. The van der Waals surface area contributed by atoms with Gasteiger partial charge in [0.25, 0.3) is 0 Å². The summed E-state index contributed by atoms with van der Waals surface area (Å²) in [4.78, 5) is 39.2. The smallest absolute Gasteiger partial charge is 0.341 e. The largest absolute Gasteiger partial charge is 0.477 e. The number of rotatable bonds is 5. The SMILES string of the molecule is CN[C@H]1CN(c2cnc3c(=O)c(C(=O)O)cn(-c4nccs4)c3n2)C[C@@H]1OC. The summed E-state index contributed by atoms with van der Waals surface area (Å²) < 4.78 is 7.02. The van der Waals surface area contributed by atoms with Crippen LogP contribution in [0.5, 0.6) is 0 Å². The molecule has 1 fully saturated rings. The number of likely N-dealkylation sites (N-methyl/N-ethyl adjacent to an activating group) is 1. The van der Waals surface area contributed by atoms with E-state index in [0.29, 0.717) is 24.0 Å². The Morgan fingerprint density at radius 1 is 1.39 bits per heavy atom. The predicted molar refractivity (Wildman–Crippen MR) is 104 cm³/mol. The lowest BCUT2D eigenvalue weighted by Gasteiger charge is -2.17. The van der Waals surface area contributed by atoms with E-state index in [9.17, 15) is 14.7 Å². The van der Waals surface area contributed by atoms with Gasteiger partial charge in [0.05, 0.1) is 18.3 Å². The van der Waals surface area contributed by atoms with E-state index in [-0.39, 0.29) is 28.9 Å². The zero-order chi connectivity index (χ0) is 19.8. The van der Waals surface area contributed by atoms with Crippen LogP contribution in [0.3, 0.4) is 0 Å². The minimum absolute atomic E-state index is 0.00182. The maximum Gasteiger partial charge on any atom is 0.341 e. The molecule has 4 heterocycles. The van der Waals surface area contributed by atoms with Gasteiger partial charge in [0.1, 0.15) is 11.4 Å². The Labute approximate surface area is 163 Å². The molecular weight excluding hydrogens is 384 g/mol. The molecule has 0 radical (unpaired) electrons. The Morgan fingerprint density at radius 2 is 2.21 bits per heavy atom. The quantitative estimate of drug-likeness (QED) is 0.623. The average molecular weight is 402 g/mol. The molecule has 146 valence electrons. The number of carboxylic acids is 1. The van der Waals surface area contributed by atoms with Crippen LogP contribution in [-0.4, -0.2) is 70.0 Å². The molecule has 0 unspecified atom stereocenters. The van der Waals surface area contributed by atoms with Crippen molar-refractivity contribution in [1.29, 1.82) is 0 Å². The van der Waals surface area contributed by atoms with E-state index in [1.54, 1.807) is 18.7 Å². The van der Waals surface area contributed by atoms with Crippen LogP contribution in [0.25, 0.3) is 16.3 Å². The number of carboxylic acid groups (broad SMARTS) is 1. The summed E-state index contributed by atoms with van der Waals surface area (Å²) in [5.41, 5.74) is -0.782. The predicted octanol–water partition coefficient (Wildman–Crippen LogP) is 0.358. The second kappa shape index (κ2) is 7.26. The summed E-state index contributed by atoms with van der Waals surface area (Å²) in [6.45, 7) is 1.29. The molecule has 0 bridgehead atoms. The molecule has 1 aliphatic rings. The third kappa shape index (κ3) is 3.03. The van der Waals surface area contributed by atoms with E-state index in [4.69, 9.17) is 4.74 Å². The van der Waals surface area contributed by atoms with Gasteiger partial charge >= 0.3 is 5.97 Å². The Kier molecular flexibility index (Phi) is 4.79. The number of methoxy groups -OCH3 is 1. The van der Waals surface area contributed by atoms with E-state index in [1.165, 1.54) is 28.3 Å². The lowest BCUT2D eigenvalue weighted by Crippen LogP contribution is -2.37. The molecule has 2 N–H and O–H groups in total. The first-order chi connectivity index (χ1) is 13.5. The molecule has 1 saturated heterocycles. The highest BCUT2D eigenvalue weighted by molar-refractivity contribution is 7.12. The summed E-state index contributed by atoms with van der Waals surface area (Å²) in [6.07, 6.45) is 4.34. The third-order valence-corrected chi connectivity index (χ3v) is 5.58. The molecule has 11 heteroatoms. The number of nitrogens with one attached hydrogen (secondary N) is 1. The fourth-order valence-electron chi connectivity index (χ4n) is 3.34. The molecule has 3 aromatic rings. The van der Waals surface area contributed by atoms with Crippen LogP contribution in [0.1, 0.15) is 10.4 Å². The molecule has 10 nitrogen and oxygen atoms in total. The first kappa shape index (κ1) is 18.5. The summed E-state index contributed by atoms with van der Waals surface area (Å²) in [5.74, 6) is -0.734. The van der Waals surface area contributed by atoms with E-state index in [1.807, 2.05) is 11.9 Å². The molecular formula is C17H18N6O4S. The number of ether oxygens (including phenoxy) is 1. The van der Waals surface area contributed by atoms with E-state index < -0.39 is 11.4 Å². The molecule has 0 saturated carbocycles. The summed E-state index contributed by atoms with van der Waals surface area (Å²) in [7, 11) is 3.54. The van der Waals surface area contributed by atoms with Crippen molar-refractivity contribution in [2.45, 2.75) is 12.1 Å². The number of hydrogen-bond acceptors (Lipinski definition) is 9. The Hall–Kier alpha value is -2.89. The van der Waals surface area contributed by atoms with Crippen LogP contribution in [0.2, 0.25) is 0 Å². The van der Waals surface area contributed by atoms with Crippen molar-refractivity contribution in [3.05, 3.63) is 39.8 Å². The van der Waals surface area contributed by atoms with Gasteiger partial charge in [-0.2, -0.15) is 0 Å². The average Bonchev–Trinajstić information content (AvgIpc) is 3.37. The van der Waals surface area contributed by atoms with Crippen LogP contribution in [0, 0.1) is 0 Å². The minimum Gasteiger partial charge on any atom is -0.477 e. The fraction of sp³-hybridized carbons (Fsp3) is 0.353. The number of thiazole rings is 1. The van der Waals surface area contributed by atoms with Gasteiger partial charge in [0.2, 0.25) is 5.43 Å². The van der Waals surface area contributed by atoms with Crippen molar-refractivity contribution in [2.75, 3.05) is 32.1 Å². The lowest BCUT2D eigenvalue weighted by atomic mass is 10.2. The molecule has 0 spiro atoms. The molecule has 28 heavy (non-hydrogen) atoms. The van der Waals surface area contributed by atoms with E-state index in [0.717, 1.165) is 0 Å². The van der Waals surface area contributed by atoms with Gasteiger partial charge in [0.15, 0.2) is 16.3 Å². The number of anilines is 1. The fourth-order valence-corrected chi connectivity index (χ4v) is 3.96. The number of nitrogens with zero attached hydrogens (tertiary/aromatic N) is 5. The summed E-state index contributed by atoms with van der Waals surface area (Å²) in [6, 6.07) is 0.137. The molecule has 0 amide bonds. The van der Waals surface area contributed by atoms with Gasteiger partial charge in [-0.25, -0.2) is 19.7 Å². The van der Waals surface area contributed by atoms with Crippen molar-refractivity contribution in [3.63, 3.8) is 0 Å². The van der Waals surface area contributed by atoms with E-state index in [2.05, 4.69) is 20.3 Å². The van der Waals surface area contributed by atoms with Crippen LogP contribution in [0.15, 0.2) is 28.8 Å². The maximum atomic E-state index is 12.6. The molecule has 2 atom stereocenters. The van der Waals surface area contributed by atoms with Gasteiger partial charge in [-0.3, -0.25) is 9.36 Å². The van der Waals surface area contributed by atoms with Crippen molar-refractivity contribution >= 4 is 34.3 Å². The molecule has 0 aromatic carbocycles. The monoisotopic (exact) mass is 402 g/mol. The normalized spacial score (nSPS) is 19.4. The van der Waals surface area contributed by atoms with Crippen LogP contribution in [-0.2, 0) is 4.74 Å². The number of carbonyl (C=O) groups is 1. The highest BCUT2D eigenvalue weighted by atomic mass is 32.1. The van der Waals surface area contributed by atoms with Gasteiger partial charge < -0.3 is 20.1 Å². The topological polar surface area (TPSA) is 122 Å². The van der Waals surface area contributed by atoms with Crippen LogP contribution < -0.4 is 15.6 Å². The molecule has 1 aliphatic heterocycles. The maximum absolute atomic E-state index is 12.6. The zero-order valence-corrected chi connectivity index (χ0v) is 16.0. The van der Waals surface area contributed by atoms with Crippen LogP contribution in [0.4, 0.5) is 5.82 Å². The van der Waals surface area contributed by atoms with Crippen molar-refractivity contribution in [2.24, 2.45) is 0 Å². The number of aromatic carboxylic acids is 1. The minimum atomic E-state index is -1.32. The first-order valence-electron chi connectivity index (χ1n) is 8.54. The number of aromatic nitrogens is 4. The molecule has 3 aromatic heterocycles. The Balaban J connectivity index is 1.87. The van der Waals surface area contributed by atoms with Crippen molar-refractivity contribution in [1.82, 2.24) is 24.8 Å². The highest BCUT2D eigenvalue weighted by Crippen LogP contribution is 2.23. The van der Waals surface area contributed by atoms with Crippen LogP contribution >= 0.6 is 11.3 Å². The summed E-state index contributed by atoms with van der Waals surface area (Å²) in [5, 5.41) is 14.9. The lowest BCUT2D eigenvalue weighted by molar-refractivity contribution is 0.0695. The second-order valence-electron chi connectivity index (χ2n) is 6.34. The Bertz CT molecular complexity index is 1070. The number of fused-ring (bicyclic) bond motifs is 1. The van der Waals surface area contributed by atoms with Crippen molar-refractivity contribution < 1.29 is 14.6 Å². The number of hydrogen-bond donors (Lipinski definition) is 2. The molecule has 4 rings (SSSR count). The van der Waals surface area contributed by atoms with Crippen molar-refractivity contribution in [3.8, 4) is 5.13 Å². The van der Waals surface area contributed by atoms with E-state index >= 15 is 0 Å². The highest BCUT2D eigenvalue weighted by Gasteiger charge is 2.33.